The van der Waals surface area contributed by atoms with Gasteiger partial charge in [0.25, 0.3) is 0 Å². The van der Waals surface area contributed by atoms with Crippen LogP contribution in [0.4, 0.5) is 0 Å². The Kier molecular flexibility index (Phi) is 4.01. The molecule has 0 saturated heterocycles. The van der Waals surface area contributed by atoms with E-state index in [-0.39, 0.29) is 23.3 Å². The maximum absolute atomic E-state index is 13.5. The first-order valence-corrected chi connectivity index (χ1v) is 10.9. The van der Waals surface area contributed by atoms with Crippen LogP contribution in [0.1, 0.15) is 42.9 Å². The van der Waals surface area contributed by atoms with Crippen LogP contribution in [0.25, 0.3) is 10.9 Å². The summed E-state index contributed by atoms with van der Waals surface area (Å²) < 4.78 is 2.06. The van der Waals surface area contributed by atoms with Crippen molar-refractivity contribution >= 4 is 23.0 Å². The van der Waals surface area contributed by atoms with Crippen LogP contribution >= 0.6 is 0 Å². The molecule has 154 valence electrons. The molecule has 1 aliphatic heterocycles. The predicted octanol–water partition coefficient (Wildman–Crippen LogP) is 4.28. The number of hydrogen-bond donors (Lipinski definition) is 0. The van der Waals surface area contributed by atoms with Gasteiger partial charge in [0, 0.05) is 30.5 Å². The van der Waals surface area contributed by atoms with Gasteiger partial charge in [0.15, 0.2) is 0 Å². The second kappa shape index (κ2) is 6.78. The summed E-state index contributed by atoms with van der Waals surface area (Å²) in [7, 11) is 0. The van der Waals surface area contributed by atoms with Gasteiger partial charge in [0.1, 0.15) is 0 Å². The molecule has 3 fully saturated rings. The van der Waals surface area contributed by atoms with E-state index in [0.29, 0.717) is 11.5 Å². The van der Waals surface area contributed by atoms with Crippen molar-refractivity contribution in [2.45, 2.75) is 38.3 Å². The maximum Gasteiger partial charge on any atom is 0.246 e. The summed E-state index contributed by atoms with van der Waals surface area (Å²) in [5.41, 5.74) is 3.00. The molecule has 2 aromatic carbocycles. The number of benzene rings is 2. The van der Waals surface area contributed by atoms with Crippen LogP contribution in [0.15, 0.2) is 59.8 Å². The third-order valence-electron chi connectivity index (χ3n) is 7.43. The maximum atomic E-state index is 13.5. The van der Waals surface area contributed by atoms with Crippen molar-refractivity contribution in [1.82, 2.24) is 14.8 Å². The summed E-state index contributed by atoms with van der Waals surface area (Å²) in [5.74, 6) is 0.677. The van der Waals surface area contributed by atoms with E-state index in [1.807, 2.05) is 48.8 Å². The molecule has 31 heavy (non-hydrogen) atoms. The van der Waals surface area contributed by atoms with Crippen LogP contribution in [0.3, 0.4) is 0 Å². The molecule has 0 radical (unpaired) electrons. The van der Waals surface area contributed by atoms with Crippen LogP contribution < -0.4 is 0 Å². The highest BCUT2D eigenvalue weighted by molar-refractivity contribution is 5.83. The van der Waals surface area contributed by atoms with Gasteiger partial charge in [0.05, 0.1) is 29.4 Å². The topological polar surface area (TPSA) is 74.3 Å². The van der Waals surface area contributed by atoms with Gasteiger partial charge in [-0.3, -0.25) is 9.48 Å². The lowest BCUT2D eigenvalue weighted by Gasteiger charge is -2.38. The Morgan fingerprint density at radius 1 is 1.16 bits per heavy atom. The van der Waals surface area contributed by atoms with Crippen molar-refractivity contribution < 1.29 is 4.79 Å². The van der Waals surface area contributed by atoms with E-state index in [2.05, 4.69) is 33.1 Å². The zero-order valence-electron chi connectivity index (χ0n) is 17.2. The van der Waals surface area contributed by atoms with E-state index in [1.165, 1.54) is 0 Å². The van der Waals surface area contributed by atoms with Crippen molar-refractivity contribution in [1.29, 1.82) is 5.26 Å². The van der Waals surface area contributed by atoms with Gasteiger partial charge in [-0.15, -0.1) is 0 Å². The minimum atomic E-state index is 0.0202. The first kappa shape index (κ1) is 18.3. The molecule has 6 heteroatoms. The monoisotopic (exact) mass is 409 g/mol. The SMILES string of the molecule is N#Cc1ccc2c(cnn2CC23CC(C2)C(C(=O)N2N=CCC2c2ccccc2)C3)c1. The van der Waals surface area contributed by atoms with Gasteiger partial charge < -0.3 is 0 Å². The summed E-state index contributed by atoms with van der Waals surface area (Å²) in [6.07, 6.45) is 7.55. The minimum Gasteiger partial charge on any atom is -0.273 e. The quantitative estimate of drug-likeness (QED) is 0.645. The fourth-order valence-electron chi connectivity index (χ4n) is 5.97. The molecule has 3 aromatic rings. The smallest absolute Gasteiger partial charge is 0.246 e. The minimum absolute atomic E-state index is 0.0202. The van der Waals surface area contributed by atoms with Crippen LogP contribution in [0.5, 0.6) is 0 Å². The first-order chi connectivity index (χ1) is 15.2. The van der Waals surface area contributed by atoms with Crippen molar-refractivity contribution in [2.24, 2.45) is 22.4 Å². The molecule has 7 rings (SSSR count). The molecule has 1 aromatic heterocycles. The summed E-state index contributed by atoms with van der Waals surface area (Å²) in [6, 6.07) is 18.1. The first-order valence-electron chi connectivity index (χ1n) is 10.9. The van der Waals surface area contributed by atoms with Crippen molar-refractivity contribution in [3.05, 3.63) is 65.9 Å². The van der Waals surface area contributed by atoms with E-state index in [1.54, 1.807) is 5.01 Å². The second-order valence-corrected chi connectivity index (χ2v) is 9.31. The molecule has 2 unspecified atom stereocenters. The number of hydrogen-bond acceptors (Lipinski definition) is 4. The molecular formula is C25H23N5O. The fourth-order valence-corrected chi connectivity index (χ4v) is 5.97. The summed E-state index contributed by atoms with van der Waals surface area (Å²) in [5, 5.41) is 20.9. The third-order valence-corrected chi connectivity index (χ3v) is 7.43. The van der Waals surface area contributed by atoms with Gasteiger partial charge in [-0.25, -0.2) is 5.01 Å². The molecular weight excluding hydrogens is 386 g/mol. The van der Waals surface area contributed by atoms with Crippen molar-refractivity contribution in [3.63, 3.8) is 0 Å². The Morgan fingerprint density at radius 2 is 2.00 bits per heavy atom. The van der Waals surface area contributed by atoms with Crippen molar-refractivity contribution in [2.75, 3.05) is 0 Å². The Balaban J connectivity index is 1.19. The molecule has 2 atom stereocenters. The Bertz CT molecular complexity index is 1230. The molecule has 1 amide bonds. The normalized spacial score (nSPS) is 28.6. The molecule has 0 N–H and O–H groups in total. The Hall–Kier alpha value is -3.46. The molecule has 6 nitrogen and oxygen atoms in total. The lowest BCUT2D eigenvalue weighted by Crippen LogP contribution is -2.35. The van der Waals surface area contributed by atoms with Crippen LogP contribution in [0, 0.1) is 28.6 Å². The number of carbonyl (C=O) groups excluding carboxylic acids is 1. The number of hydrazone groups is 1. The average molecular weight is 409 g/mol. The highest BCUT2D eigenvalue weighted by Crippen LogP contribution is 2.63. The number of amides is 1. The number of rotatable bonds is 4. The lowest BCUT2D eigenvalue weighted by atomic mass is 9.69. The molecule has 0 spiro atoms. The zero-order valence-corrected chi connectivity index (χ0v) is 17.2. The van der Waals surface area contributed by atoms with E-state index in [0.717, 1.165) is 48.7 Å². The van der Waals surface area contributed by atoms with Crippen molar-refractivity contribution in [3.8, 4) is 6.07 Å². The van der Waals surface area contributed by atoms with E-state index in [4.69, 9.17) is 5.26 Å². The standard InChI is InChI=1S/C25H23N5O/c26-14-17-6-7-22-19(10-17)15-28-29(22)16-25-11-20(12-25)21(13-25)24(31)30-23(8-9-27-30)18-4-2-1-3-5-18/h1-7,9-10,15,20-21,23H,8,11-13,16H2. The summed E-state index contributed by atoms with van der Waals surface area (Å²) in [6.45, 7) is 0.827. The molecule has 3 saturated carbocycles. The average Bonchev–Trinajstić information content (AvgIpc) is 3.56. The predicted molar refractivity (Wildman–Crippen MR) is 117 cm³/mol. The number of nitriles is 1. The number of aromatic nitrogens is 2. The highest BCUT2D eigenvalue weighted by atomic mass is 16.2. The third kappa shape index (κ3) is 2.88. The fraction of sp³-hybridized carbons (Fsp3) is 0.360. The molecule has 3 aliphatic carbocycles. The Morgan fingerprint density at radius 3 is 2.81 bits per heavy atom. The molecule has 2 heterocycles. The van der Waals surface area contributed by atoms with E-state index < -0.39 is 0 Å². The second-order valence-electron chi connectivity index (χ2n) is 9.31. The number of fused-ring (bicyclic) bond motifs is 2. The summed E-state index contributed by atoms with van der Waals surface area (Å²) in [4.78, 5) is 13.5. The highest BCUT2D eigenvalue weighted by Gasteiger charge is 2.59. The van der Waals surface area contributed by atoms with Gasteiger partial charge >= 0.3 is 0 Å². The van der Waals surface area contributed by atoms with E-state index in [9.17, 15) is 4.79 Å². The van der Waals surface area contributed by atoms with Crippen LogP contribution in [-0.4, -0.2) is 26.9 Å². The summed E-state index contributed by atoms with van der Waals surface area (Å²) >= 11 is 0. The Labute approximate surface area is 180 Å². The molecule has 4 aliphatic rings. The van der Waals surface area contributed by atoms with Crippen LogP contribution in [0.2, 0.25) is 0 Å². The van der Waals surface area contributed by atoms with Gasteiger partial charge in [-0.1, -0.05) is 30.3 Å². The van der Waals surface area contributed by atoms with E-state index >= 15 is 0 Å². The largest absolute Gasteiger partial charge is 0.273 e. The number of carbonyl (C=O) groups is 1. The number of nitrogens with zero attached hydrogens (tertiary/aromatic N) is 5. The van der Waals surface area contributed by atoms with Gasteiger partial charge in [-0.2, -0.15) is 15.5 Å². The van der Waals surface area contributed by atoms with Crippen LogP contribution in [-0.2, 0) is 11.3 Å². The lowest BCUT2D eigenvalue weighted by molar-refractivity contribution is -0.138. The van der Waals surface area contributed by atoms with Gasteiger partial charge in [-0.05, 0) is 54.4 Å². The zero-order chi connectivity index (χ0) is 21.0. The van der Waals surface area contributed by atoms with Gasteiger partial charge in [0.2, 0.25) is 5.91 Å². The molecule has 2 bridgehead atoms.